The highest BCUT2D eigenvalue weighted by Crippen LogP contribution is 2.31. The number of nitrogens with one attached hydrogen (secondary N) is 2. The summed E-state index contributed by atoms with van der Waals surface area (Å²) in [5, 5.41) is 5.86. The van der Waals surface area contributed by atoms with Gasteiger partial charge in [-0.1, -0.05) is 30.3 Å². The summed E-state index contributed by atoms with van der Waals surface area (Å²) in [5.41, 5.74) is 11.7. The van der Waals surface area contributed by atoms with Crippen molar-refractivity contribution in [3.63, 3.8) is 0 Å². The first-order valence-corrected chi connectivity index (χ1v) is 14.0. The van der Waals surface area contributed by atoms with Gasteiger partial charge in [0.05, 0.1) is 25.3 Å². The fourth-order valence-electron chi connectivity index (χ4n) is 5.09. The van der Waals surface area contributed by atoms with Crippen molar-refractivity contribution in [3.8, 4) is 17.2 Å². The fraction of sp³-hybridized carbons (Fsp3) is 0.118. The zero-order valence-corrected chi connectivity index (χ0v) is 24.2. The second-order valence-electron chi connectivity index (χ2n) is 10.0. The third kappa shape index (κ3) is 5.48. The number of ether oxygens (including phenoxy) is 2. The number of nitrogen functional groups attached to an aromatic ring is 1. The first-order chi connectivity index (χ1) is 21.5. The van der Waals surface area contributed by atoms with Crippen LogP contribution in [-0.2, 0) is 6.42 Å². The second kappa shape index (κ2) is 12.1. The maximum atomic E-state index is 13.6. The van der Waals surface area contributed by atoms with Crippen LogP contribution in [0.2, 0.25) is 0 Å². The minimum absolute atomic E-state index is 0.195. The highest BCUT2D eigenvalue weighted by atomic mass is 16.5. The molecule has 10 heteroatoms. The number of methoxy groups -OCH3 is 2. The number of nitrogens with zero attached hydrogens (tertiary/aromatic N) is 3. The van der Waals surface area contributed by atoms with Crippen LogP contribution in [0.1, 0.15) is 26.3 Å². The molecule has 0 radical (unpaired) electrons. The number of carbonyl (C=O) groups is 2. The van der Waals surface area contributed by atoms with Gasteiger partial charge in [0, 0.05) is 23.5 Å². The smallest absolute Gasteiger partial charge is 0.257 e. The third-order valence-corrected chi connectivity index (χ3v) is 7.33. The molecule has 0 aliphatic carbocycles. The molecule has 0 saturated heterocycles. The summed E-state index contributed by atoms with van der Waals surface area (Å²) in [6.07, 6.45) is 0.572. The van der Waals surface area contributed by atoms with Gasteiger partial charge in [0.2, 0.25) is 0 Å². The van der Waals surface area contributed by atoms with Gasteiger partial charge in [0.25, 0.3) is 11.8 Å². The second-order valence-corrected chi connectivity index (χ2v) is 10.0. The number of rotatable bonds is 9. The Bertz CT molecular complexity index is 1980. The molecule has 4 N–H and O–H groups in total. The van der Waals surface area contributed by atoms with Gasteiger partial charge >= 0.3 is 0 Å². The van der Waals surface area contributed by atoms with Gasteiger partial charge in [-0.15, -0.1) is 0 Å². The lowest BCUT2D eigenvalue weighted by Gasteiger charge is -2.11. The van der Waals surface area contributed by atoms with Crippen LogP contribution in [0.3, 0.4) is 0 Å². The Morgan fingerprint density at radius 1 is 0.795 bits per heavy atom. The van der Waals surface area contributed by atoms with Gasteiger partial charge in [-0.25, -0.2) is 9.97 Å². The van der Waals surface area contributed by atoms with Crippen LogP contribution in [0.15, 0.2) is 97.1 Å². The van der Waals surface area contributed by atoms with E-state index < -0.39 is 0 Å². The van der Waals surface area contributed by atoms with Crippen molar-refractivity contribution in [1.82, 2.24) is 19.9 Å². The summed E-state index contributed by atoms with van der Waals surface area (Å²) in [7, 11) is 3.21. The summed E-state index contributed by atoms with van der Waals surface area (Å²) >= 11 is 0. The average Bonchev–Trinajstić information content (AvgIpc) is 3.34. The molecule has 2 heterocycles. The Labute approximate surface area is 253 Å². The Morgan fingerprint density at radius 2 is 1.48 bits per heavy atom. The molecule has 0 fully saturated rings. The average molecular weight is 587 g/mol. The van der Waals surface area contributed by atoms with Crippen LogP contribution in [0.5, 0.6) is 11.5 Å². The van der Waals surface area contributed by atoms with Crippen molar-refractivity contribution in [2.45, 2.75) is 6.42 Å². The van der Waals surface area contributed by atoms with Gasteiger partial charge in [-0.05, 0) is 78.7 Å². The molecular formula is C34H30N6O4. The quantitative estimate of drug-likeness (QED) is 0.207. The molecule has 0 aliphatic rings. The lowest BCUT2D eigenvalue weighted by Crippen LogP contribution is -2.26. The number of para-hydroxylation sites is 3. The minimum Gasteiger partial charge on any atom is -0.497 e. The van der Waals surface area contributed by atoms with Crippen LogP contribution >= 0.6 is 0 Å². The molecule has 2 aromatic heterocycles. The first kappa shape index (κ1) is 28.2. The number of hydrogen-bond donors (Lipinski definition) is 3. The van der Waals surface area contributed by atoms with E-state index in [-0.39, 0.29) is 23.2 Å². The first-order valence-electron chi connectivity index (χ1n) is 14.0. The molecule has 0 bridgehead atoms. The van der Waals surface area contributed by atoms with Crippen LogP contribution in [0, 0.1) is 0 Å². The predicted octanol–water partition coefficient (Wildman–Crippen LogP) is 5.40. The molecule has 44 heavy (non-hydrogen) atoms. The molecule has 6 rings (SSSR count). The van der Waals surface area contributed by atoms with Gasteiger partial charge in [-0.3, -0.25) is 14.2 Å². The number of amides is 2. The van der Waals surface area contributed by atoms with Crippen molar-refractivity contribution in [3.05, 3.63) is 114 Å². The molecule has 220 valence electrons. The van der Waals surface area contributed by atoms with Crippen molar-refractivity contribution in [1.29, 1.82) is 0 Å². The van der Waals surface area contributed by atoms with Crippen molar-refractivity contribution in [2.75, 3.05) is 31.8 Å². The van der Waals surface area contributed by atoms with E-state index in [2.05, 4.69) is 10.6 Å². The Hall–Kier alpha value is -5.90. The van der Waals surface area contributed by atoms with Gasteiger partial charge in [0.1, 0.15) is 28.4 Å². The molecule has 0 aliphatic heterocycles. The molecule has 6 aromatic rings. The lowest BCUT2D eigenvalue weighted by atomic mass is 10.1. The number of anilines is 2. The van der Waals surface area contributed by atoms with Gasteiger partial charge in [0.15, 0.2) is 5.65 Å². The Kier molecular flexibility index (Phi) is 7.79. The Morgan fingerprint density at radius 3 is 2.18 bits per heavy atom. The van der Waals surface area contributed by atoms with E-state index in [0.717, 1.165) is 11.3 Å². The van der Waals surface area contributed by atoms with E-state index in [1.165, 1.54) is 0 Å². The molecule has 0 atom stereocenters. The van der Waals surface area contributed by atoms with E-state index >= 15 is 0 Å². The summed E-state index contributed by atoms with van der Waals surface area (Å²) < 4.78 is 12.3. The normalized spacial score (nSPS) is 11.0. The highest BCUT2D eigenvalue weighted by Gasteiger charge is 2.25. The summed E-state index contributed by atoms with van der Waals surface area (Å²) in [4.78, 5) is 36.1. The molecule has 0 spiro atoms. The molecule has 4 aromatic carbocycles. The summed E-state index contributed by atoms with van der Waals surface area (Å²) in [6, 6.07) is 29.1. The molecule has 2 amide bonds. The fourth-order valence-corrected chi connectivity index (χ4v) is 5.09. The van der Waals surface area contributed by atoms with Gasteiger partial charge < -0.3 is 25.8 Å². The Balaban J connectivity index is 1.31. The molecule has 0 unspecified atom stereocenters. The van der Waals surface area contributed by atoms with Crippen molar-refractivity contribution >= 4 is 45.5 Å². The summed E-state index contributed by atoms with van der Waals surface area (Å²) in [6.45, 7) is 0.365. The molecular weight excluding hydrogens is 556 g/mol. The van der Waals surface area contributed by atoms with Crippen LogP contribution < -0.4 is 25.8 Å². The standard InChI is InChI=1S/C34H30N6O4/c1-43-25-17-13-23(14-18-25)37-33(41)22-11-15-24(16-12-22)40-31(35)29(30-32(40)39-27-9-5-4-8-26(27)38-30)34(42)36-20-19-21-7-3-6-10-28(21)44-2/h3-18H,19-20,35H2,1-2H3,(H,36,42)(H,37,41). The number of aromatic nitrogens is 3. The van der Waals surface area contributed by atoms with Crippen LogP contribution in [-0.4, -0.2) is 47.1 Å². The number of nitrogens with two attached hydrogens (primary N) is 1. The number of fused-ring (bicyclic) bond motifs is 2. The monoisotopic (exact) mass is 586 g/mol. The van der Waals surface area contributed by atoms with E-state index in [9.17, 15) is 9.59 Å². The number of carbonyl (C=O) groups excluding carboxylic acids is 2. The van der Waals surface area contributed by atoms with E-state index in [0.29, 0.717) is 57.9 Å². The minimum atomic E-state index is -0.360. The zero-order valence-electron chi connectivity index (χ0n) is 24.2. The topological polar surface area (TPSA) is 133 Å². The van der Waals surface area contributed by atoms with Crippen LogP contribution in [0.25, 0.3) is 27.9 Å². The summed E-state index contributed by atoms with van der Waals surface area (Å²) in [5.74, 6) is 1.02. The highest BCUT2D eigenvalue weighted by molar-refractivity contribution is 6.11. The third-order valence-electron chi connectivity index (χ3n) is 7.33. The van der Waals surface area contributed by atoms with Gasteiger partial charge in [-0.2, -0.15) is 0 Å². The largest absolute Gasteiger partial charge is 0.497 e. The van der Waals surface area contributed by atoms with Crippen molar-refractivity contribution in [2.24, 2.45) is 0 Å². The van der Waals surface area contributed by atoms with Crippen molar-refractivity contribution < 1.29 is 19.1 Å². The number of benzene rings is 4. The number of hydrogen-bond acceptors (Lipinski definition) is 7. The van der Waals surface area contributed by atoms with E-state index in [1.54, 1.807) is 67.3 Å². The lowest BCUT2D eigenvalue weighted by molar-refractivity contribution is 0.0955. The molecule has 10 nitrogen and oxygen atoms in total. The maximum Gasteiger partial charge on any atom is 0.257 e. The predicted molar refractivity (Wildman–Crippen MR) is 171 cm³/mol. The maximum absolute atomic E-state index is 13.6. The van der Waals surface area contributed by atoms with Crippen LogP contribution in [0.4, 0.5) is 11.5 Å². The SMILES string of the molecule is COc1ccc(NC(=O)c2ccc(-n3c(N)c(C(=O)NCCc4ccccc4OC)c4nc5ccccc5nc43)cc2)cc1. The molecule has 0 saturated carbocycles. The van der Waals surface area contributed by atoms with E-state index in [4.69, 9.17) is 25.2 Å². The zero-order chi connectivity index (χ0) is 30.6. The van der Waals surface area contributed by atoms with E-state index in [1.807, 2.05) is 48.5 Å².